The Balaban J connectivity index is 1.55. The second kappa shape index (κ2) is 12.8. The summed E-state index contributed by atoms with van der Waals surface area (Å²) in [5, 5.41) is 4.08. The Morgan fingerprint density at radius 2 is 1.69 bits per heavy atom. The Labute approximate surface area is 262 Å². The molecule has 0 aliphatic carbocycles. The van der Waals surface area contributed by atoms with Gasteiger partial charge in [0.05, 0.1) is 17.8 Å². The lowest BCUT2D eigenvalue weighted by Crippen LogP contribution is -2.41. The van der Waals surface area contributed by atoms with Crippen molar-refractivity contribution in [2.45, 2.75) is 65.7 Å². The molecule has 2 aliphatic rings. The summed E-state index contributed by atoms with van der Waals surface area (Å²) in [6, 6.07) is 7.20. The molecule has 1 amide bonds. The number of hydrogen-bond donors (Lipinski definition) is 1. The number of carbonyl (C=O) groups excluding carboxylic acids is 2. The van der Waals surface area contributed by atoms with Crippen molar-refractivity contribution in [2.24, 2.45) is 0 Å². The van der Waals surface area contributed by atoms with Gasteiger partial charge >= 0.3 is 12.2 Å². The number of nitrogens with zero attached hydrogens (tertiary/aromatic N) is 4. The highest BCUT2D eigenvalue weighted by Gasteiger charge is 2.26. The molecular formula is C32H41N5O8. The number of ether oxygens (including phenoxy) is 6. The highest BCUT2D eigenvalue weighted by Crippen LogP contribution is 2.44. The molecule has 2 bridgehead atoms. The number of aromatic nitrogens is 2. The second-order valence-corrected chi connectivity index (χ2v) is 13.0. The van der Waals surface area contributed by atoms with Gasteiger partial charge in [-0.25, -0.2) is 19.6 Å². The van der Waals surface area contributed by atoms with E-state index in [1.807, 2.05) is 40.0 Å². The minimum atomic E-state index is -0.872. The van der Waals surface area contributed by atoms with E-state index < -0.39 is 23.5 Å². The molecule has 13 nitrogen and oxygen atoms in total. The standard InChI is InChI=1S/C32H41N5O8/c1-31(2,3)44-29(38)37-11-8-14-40-24-15-21-22(16-25(24)43-30(39)45-32(4,5)6)33-18-34-28(21)35-26-20(17-36(7)12-13-37)9-10-23-27(26)42-19-41-23/h9-10,15-16,18H,8,11-14,17,19H2,1-7H3,(H,33,34,35). The number of benzene rings is 2. The van der Waals surface area contributed by atoms with E-state index in [4.69, 9.17) is 28.4 Å². The minimum absolute atomic E-state index is 0.0992. The van der Waals surface area contributed by atoms with Crippen molar-refractivity contribution in [3.63, 3.8) is 0 Å². The van der Waals surface area contributed by atoms with Gasteiger partial charge in [0.15, 0.2) is 23.0 Å². The van der Waals surface area contributed by atoms with E-state index in [1.54, 1.807) is 37.8 Å². The molecule has 3 aromatic rings. The number of hydrogen-bond acceptors (Lipinski definition) is 12. The Bertz CT molecular complexity index is 1570. The van der Waals surface area contributed by atoms with Crippen molar-refractivity contribution >= 4 is 34.7 Å². The van der Waals surface area contributed by atoms with Gasteiger partial charge in [0.25, 0.3) is 0 Å². The third-order valence-corrected chi connectivity index (χ3v) is 6.83. The Morgan fingerprint density at radius 3 is 2.44 bits per heavy atom. The topological polar surface area (TPSA) is 134 Å². The molecule has 0 saturated carbocycles. The molecule has 1 N–H and O–H groups in total. The quantitative estimate of drug-likeness (QED) is 0.257. The summed E-state index contributed by atoms with van der Waals surface area (Å²) < 4.78 is 34.4. The summed E-state index contributed by atoms with van der Waals surface area (Å²) in [4.78, 5) is 38.6. The van der Waals surface area contributed by atoms with Gasteiger partial charge in [0.1, 0.15) is 23.3 Å². The second-order valence-electron chi connectivity index (χ2n) is 13.0. The Hall–Kier alpha value is -4.52. The van der Waals surface area contributed by atoms with Gasteiger partial charge in [0.2, 0.25) is 6.79 Å². The fourth-order valence-electron chi connectivity index (χ4n) is 4.84. The summed E-state index contributed by atoms with van der Waals surface area (Å²) in [6.45, 7) is 13.1. The maximum Gasteiger partial charge on any atom is 0.514 e. The van der Waals surface area contributed by atoms with E-state index in [0.29, 0.717) is 72.3 Å². The van der Waals surface area contributed by atoms with Crippen molar-refractivity contribution in [2.75, 3.05) is 45.4 Å². The van der Waals surface area contributed by atoms with Crippen molar-refractivity contribution in [1.29, 1.82) is 0 Å². The number of anilines is 2. The van der Waals surface area contributed by atoms with Gasteiger partial charge in [-0.1, -0.05) is 6.07 Å². The molecule has 0 unspecified atom stereocenters. The predicted molar refractivity (Wildman–Crippen MR) is 167 cm³/mol. The molecule has 242 valence electrons. The average Bonchev–Trinajstić information content (AvgIpc) is 3.41. The number of amides is 1. The van der Waals surface area contributed by atoms with E-state index in [2.05, 4.69) is 20.2 Å². The van der Waals surface area contributed by atoms with E-state index in [-0.39, 0.29) is 19.1 Å². The highest BCUT2D eigenvalue weighted by atomic mass is 16.7. The maximum atomic E-state index is 13.1. The summed E-state index contributed by atoms with van der Waals surface area (Å²) in [5.74, 6) is 2.13. The molecular weight excluding hydrogens is 582 g/mol. The average molecular weight is 624 g/mol. The van der Waals surface area contributed by atoms with E-state index in [1.165, 1.54) is 6.33 Å². The van der Waals surface area contributed by atoms with Gasteiger partial charge in [-0.3, -0.25) is 0 Å². The largest absolute Gasteiger partial charge is 0.514 e. The van der Waals surface area contributed by atoms with Crippen molar-refractivity contribution in [3.05, 3.63) is 36.2 Å². The fourth-order valence-corrected chi connectivity index (χ4v) is 4.84. The van der Waals surface area contributed by atoms with Crippen LogP contribution < -0.4 is 24.3 Å². The van der Waals surface area contributed by atoms with Crippen LogP contribution in [0.5, 0.6) is 23.0 Å². The zero-order valence-corrected chi connectivity index (χ0v) is 26.9. The first-order valence-corrected chi connectivity index (χ1v) is 14.9. The maximum absolute atomic E-state index is 13.1. The molecule has 1 aromatic heterocycles. The van der Waals surface area contributed by atoms with Crippen LogP contribution in [-0.2, 0) is 16.0 Å². The summed E-state index contributed by atoms with van der Waals surface area (Å²) >= 11 is 0. The molecule has 2 aliphatic heterocycles. The smallest absolute Gasteiger partial charge is 0.490 e. The fraction of sp³-hybridized carbons (Fsp3) is 0.500. The Kier molecular flexibility index (Phi) is 9.10. The predicted octanol–water partition coefficient (Wildman–Crippen LogP) is 5.87. The molecule has 0 radical (unpaired) electrons. The van der Waals surface area contributed by atoms with Gasteiger partial charge in [0, 0.05) is 37.6 Å². The van der Waals surface area contributed by atoms with Crippen LogP contribution in [0.25, 0.3) is 10.9 Å². The molecule has 0 spiro atoms. The molecule has 0 saturated heterocycles. The van der Waals surface area contributed by atoms with Crippen LogP contribution >= 0.6 is 0 Å². The van der Waals surface area contributed by atoms with Crippen molar-refractivity contribution in [1.82, 2.24) is 19.8 Å². The lowest BCUT2D eigenvalue weighted by Gasteiger charge is -2.29. The molecule has 3 heterocycles. The third-order valence-electron chi connectivity index (χ3n) is 6.83. The number of rotatable bonds is 1. The van der Waals surface area contributed by atoms with Crippen LogP contribution in [0.1, 0.15) is 53.5 Å². The SMILES string of the molecule is CN1CCN(C(=O)OC(C)(C)C)CCCOc2cc3c(ncnc3cc2OC(=O)OC(C)(C)C)Nc2c(ccc3c2OCO3)C1. The normalized spacial score (nSPS) is 16.0. The molecule has 45 heavy (non-hydrogen) atoms. The van der Waals surface area contributed by atoms with Crippen LogP contribution in [0.4, 0.5) is 21.1 Å². The van der Waals surface area contributed by atoms with Crippen molar-refractivity contribution in [3.8, 4) is 23.0 Å². The zero-order valence-electron chi connectivity index (χ0n) is 26.9. The number of carbonyl (C=O) groups is 2. The molecule has 0 atom stereocenters. The molecule has 5 rings (SSSR count). The van der Waals surface area contributed by atoms with Gasteiger partial charge < -0.3 is 43.5 Å². The first kappa shape index (κ1) is 31.9. The third kappa shape index (κ3) is 8.15. The van der Waals surface area contributed by atoms with Crippen LogP contribution in [0.15, 0.2) is 30.6 Å². The summed E-state index contributed by atoms with van der Waals surface area (Å²) in [5.41, 5.74) is 0.757. The van der Waals surface area contributed by atoms with Crippen molar-refractivity contribution < 1.29 is 38.0 Å². The van der Waals surface area contributed by atoms with Gasteiger partial charge in [-0.15, -0.1) is 0 Å². The summed E-state index contributed by atoms with van der Waals surface area (Å²) in [6.07, 6.45) is 0.653. The van der Waals surface area contributed by atoms with Crippen LogP contribution in [0, 0.1) is 0 Å². The van der Waals surface area contributed by atoms with E-state index >= 15 is 0 Å². The van der Waals surface area contributed by atoms with E-state index in [0.717, 1.165) is 5.56 Å². The van der Waals surface area contributed by atoms with Crippen LogP contribution in [0.2, 0.25) is 0 Å². The minimum Gasteiger partial charge on any atom is -0.490 e. The molecule has 2 aromatic carbocycles. The van der Waals surface area contributed by atoms with Gasteiger partial charge in [-0.2, -0.15) is 0 Å². The Morgan fingerprint density at radius 1 is 0.911 bits per heavy atom. The molecule has 0 fully saturated rings. The highest BCUT2D eigenvalue weighted by molar-refractivity contribution is 5.94. The van der Waals surface area contributed by atoms with Crippen LogP contribution in [0.3, 0.4) is 0 Å². The number of likely N-dealkylation sites (N-methyl/N-ethyl adjacent to an activating group) is 1. The first-order valence-electron chi connectivity index (χ1n) is 14.9. The summed E-state index contributed by atoms with van der Waals surface area (Å²) in [7, 11) is 1.99. The number of nitrogens with one attached hydrogen (secondary N) is 1. The first-order chi connectivity index (χ1) is 21.3. The monoisotopic (exact) mass is 623 g/mol. The molecule has 13 heteroatoms. The lowest BCUT2D eigenvalue weighted by atomic mass is 10.1. The van der Waals surface area contributed by atoms with Gasteiger partial charge in [-0.05, 0) is 72.7 Å². The number of fused-ring (bicyclic) bond motifs is 4. The van der Waals surface area contributed by atoms with Crippen LogP contribution in [-0.4, -0.2) is 83.3 Å². The van der Waals surface area contributed by atoms with E-state index in [9.17, 15) is 9.59 Å². The lowest BCUT2D eigenvalue weighted by molar-refractivity contribution is 0.0188. The zero-order chi connectivity index (χ0) is 32.4.